The fraction of sp³-hybridized carbons (Fsp3) is 0.632. The van der Waals surface area contributed by atoms with Gasteiger partial charge in [-0.3, -0.25) is 14.6 Å². The lowest BCUT2D eigenvalue weighted by atomic mass is 9.72. The van der Waals surface area contributed by atoms with Gasteiger partial charge in [0.25, 0.3) is 0 Å². The van der Waals surface area contributed by atoms with E-state index in [1.807, 2.05) is 30.3 Å². The molecule has 1 aromatic carbocycles. The second kappa shape index (κ2) is 7.56. The van der Waals surface area contributed by atoms with E-state index in [1.165, 1.54) is 4.90 Å². The number of ether oxygens (including phenoxy) is 1. The lowest BCUT2D eigenvalue weighted by Gasteiger charge is -2.41. The number of fused-ring (bicyclic) bond motifs is 1. The summed E-state index contributed by atoms with van der Waals surface area (Å²) in [5.41, 5.74) is 0.449. The Morgan fingerprint density at radius 1 is 1.23 bits per heavy atom. The molecule has 144 valence electrons. The van der Waals surface area contributed by atoms with Crippen molar-refractivity contribution in [3.63, 3.8) is 0 Å². The third-order valence-electron chi connectivity index (χ3n) is 5.45. The number of esters is 1. The summed E-state index contributed by atoms with van der Waals surface area (Å²) in [6, 6.07) is 9.92. The molecule has 2 atom stereocenters. The van der Waals surface area contributed by atoms with Crippen LogP contribution in [-0.2, 0) is 16.1 Å². The van der Waals surface area contributed by atoms with Crippen LogP contribution >= 0.6 is 0 Å². The van der Waals surface area contributed by atoms with Gasteiger partial charge in [-0.15, -0.1) is 0 Å². The van der Waals surface area contributed by atoms with Gasteiger partial charge >= 0.3 is 12.1 Å². The first-order valence-corrected chi connectivity index (χ1v) is 9.05. The van der Waals surface area contributed by atoms with Gasteiger partial charge in [0.05, 0.1) is 18.6 Å². The summed E-state index contributed by atoms with van der Waals surface area (Å²) in [5.74, 6) is -0.395. The summed E-state index contributed by atoms with van der Waals surface area (Å²) in [7, 11) is 0. The molecule has 2 aliphatic rings. The molecule has 26 heavy (non-hydrogen) atoms. The van der Waals surface area contributed by atoms with Gasteiger partial charge in [-0.1, -0.05) is 30.3 Å². The molecule has 3 rings (SSSR count). The van der Waals surface area contributed by atoms with Crippen LogP contribution in [0.3, 0.4) is 0 Å². The molecule has 2 fully saturated rings. The Balaban J connectivity index is 1.75. The van der Waals surface area contributed by atoms with Crippen LogP contribution in [0.4, 0.5) is 13.2 Å². The number of likely N-dealkylation sites (tertiary alicyclic amines) is 2. The Labute approximate surface area is 151 Å². The molecule has 2 saturated heterocycles. The number of carbonyl (C=O) groups excluding carboxylic acids is 1. The summed E-state index contributed by atoms with van der Waals surface area (Å²) in [5, 5.41) is 0. The van der Waals surface area contributed by atoms with E-state index in [1.54, 1.807) is 6.92 Å². The van der Waals surface area contributed by atoms with Gasteiger partial charge in [0.15, 0.2) is 0 Å². The standard InChI is InChI=1S/C19H25F3N2O2/c1-2-26-17(25)18-8-9-23(14-19(20,21)22)11-16(18)12-24(13-18)10-15-6-4-3-5-7-15/h3-7,16H,2,8-14H2,1H3/t16-,18-/m0/s1. The molecule has 2 aliphatic heterocycles. The molecule has 4 nitrogen and oxygen atoms in total. The molecule has 2 heterocycles. The number of hydrogen-bond acceptors (Lipinski definition) is 4. The second-order valence-electron chi connectivity index (χ2n) is 7.33. The largest absolute Gasteiger partial charge is 0.466 e. The molecule has 0 spiro atoms. The highest BCUT2D eigenvalue weighted by Gasteiger charge is 2.55. The van der Waals surface area contributed by atoms with Crippen LogP contribution in [0.25, 0.3) is 0 Å². The van der Waals surface area contributed by atoms with Crippen LogP contribution in [0.5, 0.6) is 0 Å². The van der Waals surface area contributed by atoms with Crippen LogP contribution in [-0.4, -0.2) is 61.3 Å². The molecule has 0 unspecified atom stereocenters. The van der Waals surface area contributed by atoms with Crippen molar-refractivity contribution < 1.29 is 22.7 Å². The minimum absolute atomic E-state index is 0.138. The predicted molar refractivity (Wildman–Crippen MR) is 91.4 cm³/mol. The number of piperidine rings is 1. The van der Waals surface area contributed by atoms with Crippen LogP contribution in [0.15, 0.2) is 30.3 Å². The Bertz CT molecular complexity index is 623. The smallest absolute Gasteiger partial charge is 0.401 e. The van der Waals surface area contributed by atoms with Crippen molar-refractivity contribution in [1.82, 2.24) is 9.80 Å². The quantitative estimate of drug-likeness (QED) is 0.746. The zero-order valence-corrected chi connectivity index (χ0v) is 15.0. The Morgan fingerprint density at radius 2 is 1.92 bits per heavy atom. The maximum atomic E-state index is 12.8. The van der Waals surface area contributed by atoms with Crippen molar-refractivity contribution in [2.45, 2.75) is 26.1 Å². The normalized spacial score (nSPS) is 27.3. The van der Waals surface area contributed by atoms with E-state index in [0.717, 1.165) is 5.56 Å². The van der Waals surface area contributed by atoms with E-state index >= 15 is 0 Å². The van der Waals surface area contributed by atoms with E-state index in [-0.39, 0.29) is 31.6 Å². The third-order valence-corrected chi connectivity index (χ3v) is 5.45. The summed E-state index contributed by atoms with van der Waals surface area (Å²) in [6.45, 7) is 3.54. The molecule has 0 saturated carbocycles. The highest BCUT2D eigenvalue weighted by molar-refractivity contribution is 5.78. The van der Waals surface area contributed by atoms with Gasteiger partial charge in [-0.05, 0) is 25.5 Å². The minimum Gasteiger partial charge on any atom is -0.466 e. The van der Waals surface area contributed by atoms with E-state index in [2.05, 4.69) is 4.90 Å². The monoisotopic (exact) mass is 370 g/mol. The average Bonchev–Trinajstić information content (AvgIpc) is 2.93. The minimum atomic E-state index is -4.22. The zero-order chi connectivity index (χ0) is 18.8. The van der Waals surface area contributed by atoms with E-state index < -0.39 is 18.1 Å². The van der Waals surface area contributed by atoms with E-state index in [0.29, 0.717) is 26.1 Å². The highest BCUT2D eigenvalue weighted by atomic mass is 19.4. The van der Waals surface area contributed by atoms with E-state index in [9.17, 15) is 18.0 Å². The van der Waals surface area contributed by atoms with Crippen molar-refractivity contribution in [1.29, 1.82) is 0 Å². The third kappa shape index (κ3) is 4.20. The number of alkyl halides is 3. The van der Waals surface area contributed by atoms with Gasteiger partial charge in [0, 0.05) is 32.1 Å². The van der Waals surface area contributed by atoms with Crippen molar-refractivity contribution >= 4 is 5.97 Å². The van der Waals surface area contributed by atoms with Crippen molar-refractivity contribution in [2.75, 3.05) is 39.3 Å². The molecular weight excluding hydrogens is 345 g/mol. The zero-order valence-electron chi connectivity index (χ0n) is 15.0. The molecule has 0 radical (unpaired) electrons. The molecule has 0 aromatic heterocycles. The molecule has 0 bridgehead atoms. The van der Waals surface area contributed by atoms with Crippen LogP contribution in [0.2, 0.25) is 0 Å². The van der Waals surface area contributed by atoms with E-state index in [4.69, 9.17) is 4.74 Å². The van der Waals surface area contributed by atoms with Crippen molar-refractivity contribution in [3.05, 3.63) is 35.9 Å². The fourth-order valence-electron chi connectivity index (χ4n) is 4.32. The SMILES string of the molecule is CCOC(=O)[C@]12CCN(CC(F)(F)F)C[C@H]1CN(Cc1ccccc1)C2. The Kier molecular flexibility index (Phi) is 5.58. The fourth-order valence-corrected chi connectivity index (χ4v) is 4.32. The first-order valence-electron chi connectivity index (χ1n) is 9.05. The maximum absolute atomic E-state index is 12.8. The molecule has 0 N–H and O–H groups in total. The number of nitrogens with zero attached hydrogens (tertiary/aromatic N) is 2. The lowest BCUT2D eigenvalue weighted by Crippen LogP contribution is -2.53. The van der Waals surface area contributed by atoms with Gasteiger partial charge in [0.2, 0.25) is 0 Å². The molecule has 7 heteroatoms. The van der Waals surface area contributed by atoms with Gasteiger partial charge in [-0.2, -0.15) is 13.2 Å². The Morgan fingerprint density at radius 3 is 2.58 bits per heavy atom. The van der Waals surface area contributed by atoms with Crippen molar-refractivity contribution in [2.24, 2.45) is 11.3 Å². The molecule has 0 amide bonds. The predicted octanol–water partition coefficient (Wildman–Crippen LogP) is 2.94. The van der Waals surface area contributed by atoms with Gasteiger partial charge < -0.3 is 4.74 Å². The highest BCUT2D eigenvalue weighted by Crippen LogP contribution is 2.44. The van der Waals surface area contributed by atoms with Crippen LogP contribution in [0.1, 0.15) is 18.9 Å². The summed E-state index contributed by atoms with van der Waals surface area (Å²) in [6.07, 6.45) is -3.80. The lowest BCUT2D eigenvalue weighted by molar-refractivity contribution is -0.167. The first-order chi connectivity index (χ1) is 12.3. The van der Waals surface area contributed by atoms with Crippen molar-refractivity contribution in [3.8, 4) is 0 Å². The number of hydrogen-bond donors (Lipinski definition) is 0. The topological polar surface area (TPSA) is 32.8 Å². The summed E-state index contributed by atoms with van der Waals surface area (Å²) >= 11 is 0. The average molecular weight is 370 g/mol. The number of carbonyl (C=O) groups is 1. The number of halogens is 3. The second-order valence-corrected chi connectivity index (χ2v) is 7.33. The van der Waals surface area contributed by atoms with Gasteiger partial charge in [0.1, 0.15) is 0 Å². The molecule has 0 aliphatic carbocycles. The molecule has 1 aromatic rings. The van der Waals surface area contributed by atoms with Crippen LogP contribution in [0, 0.1) is 11.3 Å². The first kappa shape index (κ1) is 19.2. The Hall–Kier alpha value is -1.60. The molecular formula is C19H25F3N2O2. The number of benzene rings is 1. The maximum Gasteiger partial charge on any atom is 0.401 e. The summed E-state index contributed by atoms with van der Waals surface area (Å²) in [4.78, 5) is 16.3. The van der Waals surface area contributed by atoms with Crippen LogP contribution < -0.4 is 0 Å². The number of rotatable bonds is 5. The summed E-state index contributed by atoms with van der Waals surface area (Å²) < 4.78 is 43.7. The van der Waals surface area contributed by atoms with Gasteiger partial charge in [-0.25, -0.2) is 0 Å².